The smallest absolute Gasteiger partial charge is 0.223 e. The van der Waals surface area contributed by atoms with Crippen LogP contribution < -0.4 is 5.32 Å². The first kappa shape index (κ1) is 22.5. The lowest BCUT2D eigenvalue weighted by Crippen LogP contribution is -2.44. The number of hydrogen-bond donors (Lipinski definition) is 1. The molecule has 2 rings (SSSR count). The quantitative estimate of drug-likeness (QED) is 0.314. The van der Waals surface area contributed by atoms with Gasteiger partial charge in [-0.1, -0.05) is 44.8 Å². The first-order valence-electron chi connectivity index (χ1n) is 11.5. The van der Waals surface area contributed by atoms with E-state index in [0.29, 0.717) is 17.4 Å². The average molecular weight is 378 g/mol. The molecule has 3 nitrogen and oxygen atoms in total. The third-order valence-corrected chi connectivity index (χ3v) is 6.27. The summed E-state index contributed by atoms with van der Waals surface area (Å²) in [7, 11) is 0. The highest BCUT2D eigenvalue weighted by molar-refractivity contribution is 5.79. The molecule has 0 atom stereocenters. The molecule has 1 spiro atoms. The topological polar surface area (TPSA) is 38.3 Å². The van der Waals surface area contributed by atoms with Crippen LogP contribution in [0.15, 0.2) is 11.6 Å². The Balaban J connectivity index is 1.46. The molecule has 0 aromatic heterocycles. The number of nitrogens with one attached hydrogen (secondary N) is 1. The summed E-state index contributed by atoms with van der Waals surface area (Å²) in [6, 6.07) is 0. The van der Waals surface area contributed by atoms with Gasteiger partial charge < -0.3 is 10.1 Å². The summed E-state index contributed by atoms with van der Waals surface area (Å²) < 4.78 is 5.56. The van der Waals surface area contributed by atoms with E-state index in [1.807, 2.05) is 0 Å². The van der Waals surface area contributed by atoms with Crippen LogP contribution in [0.2, 0.25) is 0 Å². The Hall–Kier alpha value is -0.830. The summed E-state index contributed by atoms with van der Waals surface area (Å²) in [5, 5.41) is 3.18. The van der Waals surface area contributed by atoms with Crippen LogP contribution in [0.25, 0.3) is 0 Å². The van der Waals surface area contributed by atoms with Gasteiger partial charge in [0.1, 0.15) is 0 Å². The maximum absolute atomic E-state index is 12.4. The second kappa shape index (κ2) is 11.2. The number of carbonyl (C=O) groups excluding carboxylic acids is 1. The van der Waals surface area contributed by atoms with E-state index in [4.69, 9.17) is 4.74 Å². The average Bonchev–Trinajstić information content (AvgIpc) is 3.01. The zero-order valence-electron chi connectivity index (χ0n) is 18.3. The van der Waals surface area contributed by atoms with Gasteiger partial charge in [-0.15, -0.1) is 0 Å². The number of ether oxygens (including phenoxy) is 1. The Labute approximate surface area is 167 Å². The van der Waals surface area contributed by atoms with Crippen LogP contribution in [0.1, 0.15) is 98.3 Å². The number of rotatable bonds is 13. The van der Waals surface area contributed by atoms with Crippen LogP contribution in [-0.4, -0.2) is 25.2 Å². The first-order valence-corrected chi connectivity index (χ1v) is 11.5. The van der Waals surface area contributed by atoms with Crippen molar-refractivity contribution in [2.45, 2.75) is 104 Å². The molecule has 0 aliphatic heterocycles. The van der Waals surface area contributed by atoms with E-state index in [9.17, 15) is 4.79 Å². The summed E-state index contributed by atoms with van der Waals surface area (Å²) in [6.07, 6.45) is 16.0. The van der Waals surface area contributed by atoms with Crippen LogP contribution in [-0.2, 0) is 9.53 Å². The molecule has 0 heterocycles. The summed E-state index contributed by atoms with van der Waals surface area (Å²) in [6.45, 7) is 10.5. The number of unbranched alkanes of at least 4 members (excludes halogenated alkanes) is 4. The van der Waals surface area contributed by atoms with Gasteiger partial charge in [-0.2, -0.15) is 0 Å². The van der Waals surface area contributed by atoms with Crippen LogP contribution in [0, 0.1) is 17.3 Å². The molecule has 3 heteroatoms. The Morgan fingerprint density at radius 3 is 2.56 bits per heavy atom. The summed E-state index contributed by atoms with van der Waals surface area (Å²) in [4.78, 5) is 12.4. The van der Waals surface area contributed by atoms with E-state index >= 15 is 0 Å². The second-order valence-electron chi connectivity index (χ2n) is 9.76. The monoisotopic (exact) mass is 377 g/mol. The second-order valence-corrected chi connectivity index (χ2v) is 9.76. The van der Waals surface area contributed by atoms with Gasteiger partial charge in [0.25, 0.3) is 0 Å². The molecule has 1 saturated carbocycles. The van der Waals surface area contributed by atoms with E-state index in [-0.39, 0.29) is 5.92 Å². The van der Waals surface area contributed by atoms with Crippen molar-refractivity contribution in [3.05, 3.63) is 11.6 Å². The molecule has 0 bridgehead atoms. The minimum absolute atomic E-state index is 0.274. The lowest BCUT2D eigenvalue weighted by atomic mass is 9.60. The van der Waals surface area contributed by atoms with Crippen molar-refractivity contribution in [1.29, 1.82) is 0 Å². The van der Waals surface area contributed by atoms with E-state index < -0.39 is 0 Å². The van der Waals surface area contributed by atoms with Crippen molar-refractivity contribution in [1.82, 2.24) is 5.32 Å². The number of hydrogen-bond acceptors (Lipinski definition) is 2. The largest absolute Gasteiger partial charge is 0.379 e. The minimum atomic E-state index is 0.274. The highest BCUT2D eigenvalue weighted by Gasteiger charge is 2.48. The maximum atomic E-state index is 12.4. The highest BCUT2D eigenvalue weighted by atomic mass is 16.5. The molecule has 0 saturated heterocycles. The van der Waals surface area contributed by atoms with Crippen molar-refractivity contribution in [2.75, 3.05) is 13.2 Å². The van der Waals surface area contributed by atoms with E-state index in [2.05, 4.69) is 39.1 Å². The first-order chi connectivity index (χ1) is 12.9. The van der Waals surface area contributed by atoms with Gasteiger partial charge in [-0.25, -0.2) is 0 Å². The van der Waals surface area contributed by atoms with E-state index in [1.165, 1.54) is 44.9 Å². The molecule has 2 aliphatic rings. The van der Waals surface area contributed by atoms with Gasteiger partial charge in [0.15, 0.2) is 0 Å². The van der Waals surface area contributed by atoms with Crippen molar-refractivity contribution in [3.63, 3.8) is 0 Å². The van der Waals surface area contributed by atoms with Crippen LogP contribution >= 0.6 is 0 Å². The van der Waals surface area contributed by atoms with Crippen molar-refractivity contribution >= 4 is 5.91 Å². The lowest BCUT2D eigenvalue weighted by Gasteiger charge is -2.45. The van der Waals surface area contributed by atoms with Crippen LogP contribution in [0.3, 0.4) is 0 Å². The fourth-order valence-corrected chi connectivity index (χ4v) is 4.57. The third kappa shape index (κ3) is 7.97. The van der Waals surface area contributed by atoms with Gasteiger partial charge in [0, 0.05) is 19.1 Å². The predicted molar refractivity (Wildman–Crippen MR) is 114 cm³/mol. The standard InChI is InChI=1S/C24H43NO2/c1-19(2)10-11-21-12-13-24(16-21)17-22(18-24)23(26)25-14-8-6-5-7-9-15-27-20(3)4/h12,19-20,22H,5-11,13-18H2,1-4H3,(H,25,26). The predicted octanol–water partition coefficient (Wildman–Crippen LogP) is 6.03. The van der Waals surface area contributed by atoms with Crippen molar-refractivity contribution < 1.29 is 9.53 Å². The van der Waals surface area contributed by atoms with Crippen LogP contribution in [0.5, 0.6) is 0 Å². The van der Waals surface area contributed by atoms with Gasteiger partial charge >= 0.3 is 0 Å². The molecule has 0 radical (unpaired) electrons. The molecule has 0 aromatic carbocycles. The third-order valence-electron chi connectivity index (χ3n) is 6.27. The van der Waals surface area contributed by atoms with Gasteiger partial charge in [0.05, 0.1) is 6.10 Å². The van der Waals surface area contributed by atoms with E-state index in [1.54, 1.807) is 5.57 Å². The summed E-state index contributed by atoms with van der Waals surface area (Å²) in [5.41, 5.74) is 2.10. The molecule has 2 aliphatic carbocycles. The molecule has 0 unspecified atom stereocenters. The molecule has 1 amide bonds. The number of amides is 1. The summed E-state index contributed by atoms with van der Waals surface area (Å²) in [5.74, 6) is 1.37. The minimum Gasteiger partial charge on any atom is -0.379 e. The van der Waals surface area contributed by atoms with Gasteiger partial charge in [-0.3, -0.25) is 4.79 Å². The fourth-order valence-electron chi connectivity index (χ4n) is 4.57. The molecule has 0 aromatic rings. The number of allylic oxidation sites excluding steroid dienone is 2. The van der Waals surface area contributed by atoms with Crippen molar-refractivity contribution in [2.24, 2.45) is 17.3 Å². The zero-order chi connectivity index (χ0) is 19.7. The van der Waals surface area contributed by atoms with Crippen molar-refractivity contribution in [3.8, 4) is 0 Å². The molecule has 156 valence electrons. The molecular weight excluding hydrogens is 334 g/mol. The Morgan fingerprint density at radius 1 is 1.15 bits per heavy atom. The zero-order valence-corrected chi connectivity index (χ0v) is 18.3. The molecule has 27 heavy (non-hydrogen) atoms. The summed E-state index contributed by atoms with van der Waals surface area (Å²) >= 11 is 0. The lowest BCUT2D eigenvalue weighted by molar-refractivity contribution is -0.132. The Bertz CT molecular complexity index is 475. The van der Waals surface area contributed by atoms with Crippen LogP contribution in [0.4, 0.5) is 0 Å². The number of carbonyl (C=O) groups is 1. The van der Waals surface area contributed by atoms with Gasteiger partial charge in [0.2, 0.25) is 5.91 Å². The Kier molecular flexibility index (Phi) is 9.35. The molecule has 1 fully saturated rings. The normalized spacial score (nSPS) is 24.5. The maximum Gasteiger partial charge on any atom is 0.223 e. The molecule has 1 N–H and O–H groups in total. The van der Waals surface area contributed by atoms with E-state index in [0.717, 1.165) is 44.8 Å². The van der Waals surface area contributed by atoms with Gasteiger partial charge in [-0.05, 0) is 76.5 Å². The highest BCUT2D eigenvalue weighted by Crippen LogP contribution is 2.56. The Morgan fingerprint density at radius 2 is 1.85 bits per heavy atom. The SMILES string of the molecule is CC(C)CCC1=CCC2(C1)CC(C(=O)NCCCCCCCOC(C)C)C2. The fraction of sp³-hybridized carbons (Fsp3) is 0.875. The molecular formula is C24H43NO2.